The van der Waals surface area contributed by atoms with Gasteiger partial charge >= 0.3 is 0 Å². The molecule has 0 spiro atoms. The molecule has 0 aliphatic carbocycles. The number of aliphatic hydroxyl groups is 2. The number of anilines is 1. The zero-order valence-electron chi connectivity index (χ0n) is 14.3. The van der Waals surface area contributed by atoms with E-state index in [1.54, 1.807) is 29.2 Å². The molecule has 6 heteroatoms. The summed E-state index contributed by atoms with van der Waals surface area (Å²) >= 11 is 0. The third-order valence-electron chi connectivity index (χ3n) is 4.76. The van der Waals surface area contributed by atoms with Crippen LogP contribution in [0.5, 0.6) is 0 Å². The predicted molar refractivity (Wildman–Crippen MR) is 91.7 cm³/mol. The van der Waals surface area contributed by atoms with Crippen molar-refractivity contribution in [1.82, 2.24) is 4.90 Å². The largest absolute Gasteiger partial charge is 0.396 e. The molecule has 0 radical (unpaired) electrons. The maximum atomic E-state index is 12.7. The summed E-state index contributed by atoms with van der Waals surface area (Å²) in [6, 6.07) is 6.77. The van der Waals surface area contributed by atoms with Crippen LogP contribution in [0.25, 0.3) is 0 Å². The fraction of sp³-hybridized carbons (Fsp3) is 0.556. The molecule has 0 unspecified atom stereocenters. The monoisotopic (exact) mass is 334 g/mol. The van der Waals surface area contributed by atoms with Crippen molar-refractivity contribution in [3.05, 3.63) is 29.8 Å². The Balaban J connectivity index is 2.10. The minimum absolute atomic E-state index is 0.0674. The molecule has 0 saturated carbocycles. The number of hydrogen-bond acceptors (Lipinski definition) is 4. The maximum absolute atomic E-state index is 12.7. The highest BCUT2D eigenvalue weighted by molar-refractivity contribution is 5.96. The van der Waals surface area contributed by atoms with Crippen LogP contribution in [0.1, 0.15) is 43.5 Å². The third-order valence-corrected chi connectivity index (χ3v) is 4.76. The summed E-state index contributed by atoms with van der Waals surface area (Å²) in [7, 11) is 0. The van der Waals surface area contributed by atoms with Crippen LogP contribution in [-0.4, -0.2) is 52.7 Å². The molecule has 2 rings (SSSR count). The molecule has 1 aliphatic rings. The van der Waals surface area contributed by atoms with Gasteiger partial charge in [-0.05, 0) is 31.0 Å². The Bertz CT molecular complexity index is 604. The highest BCUT2D eigenvalue weighted by Crippen LogP contribution is 2.36. The first-order valence-corrected chi connectivity index (χ1v) is 8.37. The molecule has 3 N–H and O–H groups in total. The summed E-state index contributed by atoms with van der Waals surface area (Å²) in [4.78, 5) is 25.4. The standard InChI is InChI=1S/C18H26N2O4/c1-3-7-18(12-21)8-9-20(11-16(18)23)17(24)14-5-4-6-15(10-14)19-13(2)22/h4-6,10,16,21,23H,3,7-9,11-12H2,1-2H3,(H,19,22)/t16-,18-/m1/s1. The molecule has 1 aromatic rings. The molecule has 24 heavy (non-hydrogen) atoms. The molecule has 1 aromatic carbocycles. The van der Waals surface area contributed by atoms with Crippen LogP contribution in [0.3, 0.4) is 0 Å². The molecular weight excluding hydrogens is 308 g/mol. The average Bonchev–Trinajstić information content (AvgIpc) is 2.56. The third kappa shape index (κ3) is 3.94. The average molecular weight is 334 g/mol. The highest BCUT2D eigenvalue weighted by atomic mass is 16.3. The number of β-amino-alcohol motifs (C(OH)–C–C–N with tert-alkyl or cyclic N) is 1. The van der Waals surface area contributed by atoms with E-state index < -0.39 is 11.5 Å². The second kappa shape index (κ2) is 7.77. The quantitative estimate of drug-likeness (QED) is 0.763. The molecular formula is C18H26N2O4. The van der Waals surface area contributed by atoms with E-state index in [1.807, 2.05) is 6.92 Å². The van der Waals surface area contributed by atoms with E-state index in [2.05, 4.69) is 5.32 Å². The fourth-order valence-electron chi connectivity index (χ4n) is 3.37. The Hall–Kier alpha value is -1.92. The predicted octanol–water partition coefficient (Wildman–Crippen LogP) is 1.63. The molecule has 1 heterocycles. The number of carbonyl (C=O) groups excluding carboxylic acids is 2. The topological polar surface area (TPSA) is 89.9 Å². The van der Waals surface area contributed by atoms with Gasteiger partial charge in [-0.25, -0.2) is 0 Å². The van der Waals surface area contributed by atoms with Gasteiger partial charge in [0.25, 0.3) is 5.91 Å². The van der Waals surface area contributed by atoms with Crippen molar-refractivity contribution < 1.29 is 19.8 Å². The fourth-order valence-corrected chi connectivity index (χ4v) is 3.37. The van der Waals surface area contributed by atoms with E-state index in [-0.39, 0.29) is 25.0 Å². The molecule has 132 valence electrons. The summed E-state index contributed by atoms with van der Waals surface area (Å²) in [6.07, 6.45) is 1.46. The van der Waals surface area contributed by atoms with Crippen LogP contribution in [0, 0.1) is 5.41 Å². The Labute approximate surface area is 142 Å². The highest BCUT2D eigenvalue weighted by Gasteiger charge is 2.42. The number of amides is 2. The van der Waals surface area contributed by atoms with Crippen molar-refractivity contribution in [2.45, 2.75) is 39.2 Å². The molecule has 0 bridgehead atoms. The van der Waals surface area contributed by atoms with Gasteiger partial charge in [-0.2, -0.15) is 0 Å². The first kappa shape index (κ1) is 18.4. The number of likely N-dealkylation sites (tertiary alicyclic amines) is 1. The van der Waals surface area contributed by atoms with Gasteiger partial charge in [-0.15, -0.1) is 0 Å². The normalized spacial score (nSPS) is 23.8. The Morgan fingerprint density at radius 2 is 2.17 bits per heavy atom. The summed E-state index contributed by atoms with van der Waals surface area (Å²) in [5.41, 5.74) is 0.533. The molecule has 1 saturated heterocycles. The van der Waals surface area contributed by atoms with Gasteiger partial charge in [0.2, 0.25) is 5.91 Å². The van der Waals surface area contributed by atoms with Crippen LogP contribution in [0.4, 0.5) is 5.69 Å². The molecule has 2 amide bonds. The van der Waals surface area contributed by atoms with Crippen LogP contribution < -0.4 is 5.32 Å². The lowest BCUT2D eigenvalue weighted by Crippen LogP contribution is -2.54. The molecule has 2 atom stereocenters. The van der Waals surface area contributed by atoms with Crippen molar-refractivity contribution in [3.63, 3.8) is 0 Å². The molecule has 0 aromatic heterocycles. The number of benzene rings is 1. The molecule has 1 aliphatic heterocycles. The lowest BCUT2D eigenvalue weighted by atomic mass is 9.73. The van der Waals surface area contributed by atoms with Crippen LogP contribution in [-0.2, 0) is 4.79 Å². The van der Waals surface area contributed by atoms with Gasteiger partial charge in [0.15, 0.2) is 0 Å². The second-order valence-electron chi connectivity index (χ2n) is 6.55. The SMILES string of the molecule is CCC[C@]1(CO)CCN(C(=O)c2cccc(NC(C)=O)c2)C[C@H]1O. The van der Waals surface area contributed by atoms with Crippen LogP contribution in [0.2, 0.25) is 0 Å². The summed E-state index contributed by atoms with van der Waals surface area (Å²) < 4.78 is 0. The second-order valence-corrected chi connectivity index (χ2v) is 6.55. The van der Waals surface area contributed by atoms with E-state index in [1.165, 1.54) is 6.92 Å². The number of aliphatic hydroxyl groups excluding tert-OH is 2. The van der Waals surface area contributed by atoms with Crippen LogP contribution in [0.15, 0.2) is 24.3 Å². The van der Waals surface area contributed by atoms with E-state index in [0.717, 1.165) is 12.8 Å². The first-order valence-electron chi connectivity index (χ1n) is 8.37. The van der Waals surface area contributed by atoms with E-state index in [0.29, 0.717) is 24.2 Å². The lowest BCUT2D eigenvalue weighted by Gasteiger charge is -2.44. The van der Waals surface area contributed by atoms with Gasteiger partial charge < -0.3 is 20.4 Å². The van der Waals surface area contributed by atoms with Crippen molar-refractivity contribution in [1.29, 1.82) is 0 Å². The smallest absolute Gasteiger partial charge is 0.254 e. The maximum Gasteiger partial charge on any atom is 0.254 e. The Morgan fingerprint density at radius 1 is 1.42 bits per heavy atom. The van der Waals surface area contributed by atoms with Crippen molar-refractivity contribution in [2.24, 2.45) is 5.41 Å². The number of hydrogen-bond donors (Lipinski definition) is 3. The van der Waals surface area contributed by atoms with Gasteiger partial charge in [0.05, 0.1) is 12.7 Å². The number of piperidine rings is 1. The molecule has 6 nitrogen and oxygen atoms in total. The Morgan fingerprint density at radius 3 is 2.75 bits per heavy atom. The summed E-state index contributed by atoms with van der Waals surface area (Å²) in [5.74, 6) is -0.371. The summed E-state index contributed by atoms with van der Waals surface area (Å²) in [5, 5.41) is 22.8. The van der Waals surface area contributed by atoms with E-state index in [9.17, 15) is 19.8 Å². The number of nitrogens with zero attached hydrogens (tertiary/aromatic N) is 1. The Kier molecular flexibility index (Phi) is 5.96. The van der Waals surface area contributed by atoms with Gasteiger partial charge in [-0.3, -0.25) is 9.59 Å². The zero-order chi connectivity index (χ0) is 17.7. The van der Waals surface area contributed by atoms with Gasteiger partial charge in [-0.1, -0.05) is 19.4 Å². The van der Waals surface area contributed by atoms with Gasteiger partial charge in [0.1, 0.15) is 0 Å². The minimum atomic E-state index is -0.737. The van der Waals surface area contributed by atoms with E-state index in [4.69, 9.17) is 0 Å². The zero-order valence-corrected chi connectivity index (χ0v) is 14.3. The van der Waals surface area contributed by atoms with Crippen LogP contribution >= 0.6 is 0 Å². The summed E-state index contributed by atoms with van der Waals surface area (Å²) in [6.45, 7) is 4.08. The van der Waals surface area contributed by atoms with Gasteiger partial charge in [0, 0.05) is 36.7 Å². The lowest BCUT2D eigenvalue weighted by molar-refractivity contribution is -0.114. The first-order chi connectivity index (χ1) is 11.4. The van der Waals surface area contributed by atoms with Crippen molar-refractivity contribution >= 4 is 17.5 Å². The number of nitrogens with one attached hydrogen (secondary N) is 1. The number of carbonyl (C=O) groups is 2. The van der Waals surface area contributed by atoms with Crippen molar-refractivity contribution in [3.8, 4) is 0 Å². The number of rotatable bonds is 5. The molecule has 1 fully saturated rings. The van der Waals surface area contributed by atoms with Crippen molar-refractivity contribution in [2.75, 3.05) is 25.0 Å². The van der Waals surface area contributed by atoms with E-state index >= 15 is 0 Å². The minimum Gasteiger partial charge on any atom is -0.396 e.